The monoisotopic (exact) mass is 639 g/mol. The number of hydrogen-bond donors (Lipinski definition) is 0. The topological polar surface area (TPSA) is 48.1 Å². The average Bonchev–Trinajstić information content (AvgIpc) is 3.79. The average molecular weight is 640 g/mol. The van der Waals surface area contributed by atoms with Gasteiger partial charge >= 0.3 is 0 Å². The van der Waals surface area contributed by atoms with Gasteiger partial charge in [0, 0.05) is 27.6 Å². The molecule has 2 aliphatic rings. The van der Waals surface area contributed by atoms with E-state index in [0.29, 0.717) is 25.0 Å². The van der Waals surface area contributed by atoms with Crippen LogP contribution < -0.4 is 0 Å². The number of benzene rings is 6. The van der Waals surface area contributed by atoms with E-state index < -0.39 is 0 Å². The van der Waals surface area contributed by atoms with Crippen LogP contribution >= 0.6 is 0 Å². The third-order valence-corrected chi connectivity index (χ3v) is 9.58. The van der Waals surface area contributed by atoms with Gasteiger partial charge in [-0.15, -0.1) is 0 Å². The highest BCUT2D eigenvalue weighted by Gasteiger charge is 2.28. The number of aromatic nitrogens is 1. The second-order valence-corrected chi connectivity index (χ2v) is 14.5. The van der Waals surface area contributed by atoms with Gasteiger partial charge in [-0.1, -0.05) is 78.9 Å². The van der Waals surface area contributed by atoms with Gasteiger partial charge in [0.1, 0.15) is 13.2 Å². The summed E-state index contributed by atoms with van der Waals surface area (Å²) in [6, 6.07) is 45.8. The summed E-state index contributed by atoms with van der Waals surface area (Å²) in [5, 5.41) is 4.91. The first-order valence-corrected chi connectivity index (χ1v) is 17.0. The van der Waals surface area contributed by atoms with Gasteiger partial charge in [0.05, 0.1) is 22.1 Å². The quantitative estimate of drug-likeness (QED) is 0.188. The number of rotatable bonds is 5. The molecule has 0 atom stereocenters. The number of para-hydroxylation sites is 1. The van der Waals surface area contributed by atoms with E-state index in [1.165, 1.54) is 27.1 Å². The number of aliphatic imine (C=N–C) groups is 2. The molecule has 49 heavy (non-hydrogen) atoms. The minimum atomic E-state index is -0.219. The molecule has 2 aliphatic heterocycles. The molecule has 9 rings (SSSR count). The summed E-state index contributed by atoms with van der Waals surface area (Å²) in [7, 11) is 0. The second-order valence-electron chi connectivity index (χ2n) is 14.5. The molecular weight excluding hydrogens is 603 g/mol. The predicted octanol–water partition coefficient (Wildman–Crippen LogP) is 10.4. The maximum Gasteiger partial charge on any atom is 0.216 e. The second kappa shape index (κ2) is 10.9. The van der Waals surface area contributed by atoms with Crippen molar-refractivity contribution in [3.8, 4) is 27.9 Å². The van der Waals surface area contributed by atoms with Crippen LogP contribution in [0.5, 0.6) is 0 Å². The minimum absolute atomic E-state index is 0.209. The van der Waals surface area contributed by atoms with Crippen molar-refractivity contribution in [2.24, 2.45) is 9.98 Å². The lowest BCUT2D eigenvalue weighted by molar-refractivity contribution is 0.279. The van der Waals surface area contributed by atoms with Gasteiger partial charge in [0.25, 0.3) is 0 Å². The summed E-state index contributed by atoms with van der Waals surface area (Å²) >= 11 is 0. The van der Waals surface area contributed by atoms with E-state index >= 15 is 0 Å². The Morgan fingerprint density at radius 2 is 1.06 bits per heavy atom. The Morgan fingerprint density at radius 1 is 0.490 bits per heavy atom. The molecule has 5 heteroatoms. The van der Waals surface area contributed by atoms with Gasteiger partial charge in [0.15, 0.2) is 0 Å². The molecule has 6 aromatic carbocycles. The van der Waals surface area contributed by atoms with Crippen molar-refractivity contribution in [1.82, 2.24) is 4.57 Å². The molecule has 0 saturated carbocycles. The maximum absolute atomic E-state index is 6.05. The standard InChI is InChI=1S/C44H37N3O2/c1-43(2)26-48-41(45-43)31-14-10-12-28(22-31)29-20-21-36-38(24-29)47(33-16-6-5-7-17-33)39-25-37(34-18-8-9-19-35(34)40(36)39)30-13-11-15-32(23-30)42-46-44(3,4)27-49-42/h5-25H,26-27H2,1-4H3. The first-order valence-electron chi connectivity index (χ1n) is 17.0. The summed E-state index contributed by atoms with van der Waals surface area (Å²) < 4.78 is 14.5. The highest BCUT2D eigenvalue weighted by molar-refractivity contribution is 6.24. The number of nitrogens with zero attached hydrogens (tertiary/aromatic N) is 3. The summed E-state index contributed by atoms with van der Waals surface area (Å²) in [4.78, 5) is 9.70. The number of ether oxygens (including phenoxy) is 2. The smallest absolute Gasteiger partial charge is 0.216 e. The number of hydrogen-bond acceptors (Lipinski definition) is 4. The third-order valence-electron chi connectivity index (χ3n) is 9.58. The molecular formula is C44H37N3O2. The van der Waals surface area contributed by atoms with E-state index in [9.17, 15) is 0 Å². The molecule has 0 spiro atoms. The lowest BCUT2D eigenvalue weighted by Gasteiger charge is -2.13. The van der Waals surface area contributed by atoms with E-state index in [4.69, 9.17) is 19.5 Å². The molecule has 1 aromatic heterocycles. The molecule has 240 valence electrons. The van der Waals surface area contributed by atoms with Crippen LogP contribution in [0.2, 0.25) is 0 Å². The molecule has 0 fully saturated rings. The van der Waals surface area contributed by atoms with Crippen molar-refractivity contribution in [3.63, 3.8) is 0 Å². The Labute approximate surface area is 286 Å². The van der Waals surface area contributed by atoms with Crippen molar-refractivity contribution in [1.29, 1.82) is 0 Å². The molecule has 0 aliphatic carbocycles. The van der Waals surface area contributed by atoms with Gasteiger partial charge in [-0.2, -0.15) is 0 Å². The van der Waals surface area contributed by atoms with Crippen LogP contribution in [0.4, 0.5) is 0 Å². The zero-order chi connectivity index (χ0) is 33.3. The van der Waals surface area contributed by atoms with Gasteiger partial charge in [-0.25, -0.2) is 9.98 Å². The van der Waals surface area contributed by atoms with Crippen molar-refractivity contribution >= 4 is 44.4 Å². The number of fused-ring (bicyclic) bond motifs is 5. The molecule has 5 nitrogen and oxygen atoms in total. The molecule has 0 amide bonds. The summed E-state index contributed by atoms with van der Waals surface area (Å²) in [5.74, 6) is 1.42. The van der Waals surface area contributed by atoms with Crippen LogP contribution in [-0.4, -0.2) is 40.7 Å². The summed E-state index contributed by atoms with van der Waals surface area (Å²) in [5.41, 5.74) is 9.60. The normalized spacial score (nSPS) is 16.5. The van der Waals surface area contributed by atoms with Gasteiger partial charge in [-0.05, 0) is 109 Å². The third kappa shape index (κ3) is 5.08. The largest absolute Gasteiger partial charge is 0.475 e. The molecule has 0 bridgehead atoms. The molecule has 3 heterocycles. The Hall–Kier alpha value is -5.68. The van der Waals surface area contributed by atoms with Crippen LogP contribution in [0.15, 0.2) is 137 Å². The van der Waals surface area contributed by atoms with Gasteiger partial charge in [0.2, 0.25) is 11.8 Å². The van der Waals surface area contributed by atoms with Crippen LogP contribution in [0, 0.1) is 0 Å². The van der Waals surface area contributed by atoms with E-state index in [2.05, 4.69) is 160 Å². The van der Waals surface area contributed by atoms with E-state index in [1.54, 1.807) is 0 Å². The Kier molecular flexibility index (Phi) is 6.57. The first-order chi connectivity index (χ1) is 23.7. The fraction of sp³-hybridized carbons (Fsp3) is 0.182. The van der Waals surface area contributed by atoms with Crippen LogP contribution in [0.3, 0.4) is 0 Å². The minimum Gasteiger partial charge on any atom is -0.475 e. The van der Waals surface area contributed by atoms with E-state index in [1.807, 2.05) is 0 Å². The van der Waals surface area contributed by atoms with E-state index in [-0.39, 0.29) is 11.1 Å². The van der Waals surface area contributed by atoms with Crippen LogP contribution in [0.25, 0.3) is 60.5 Å². The molecule has 0 unspecified atom stereocenters. The summed E-state index contributed by atoms with van der Waals surface area (Å²) in [6.45, 7) is 9.60. The van der Waals surface area contributed by atoms with Crippen molar-refractivity contribution in [2.75, 3.05) is 13.2 Å². The molecule has 7 aromatic rings. The lowest BCUT2D eigenvalue weighted by Crippen LogP contribution is -2.17. The first kappa shape index (κ1) is 29.5. The van der Waals surface area contributed by atoms with Crippen molar-refractivity contribution in [2.45, 2.75) is 38.8 Å². The Morgan fingerprint density at radius 3 is 1.71 bits per heavy atom. The van der Waals surface area contributed by atoms with Gasteiger partial charge in [-0.3, -0.25) is 0 Å². The molecule has 0 saturated heterocycles. The lowest BCUT2D eigenvalue weighted by atomic mass is 9.93. The zero-order valence-electron chi connectivity index (χ0n) is 28.2. The molecule has 0 radical (unpaired) electrons. The van der Waals surface area contributed by atoms with Crippen molar-refractivity contribution in [3.05, 3.63) is 139 Å². The van der Waals surface area contributed by atoms with Crippen molar-refractivity contribution < 1.29 is 9.47 Å². The van der Waals surface area contributed by atoms with Gasteiger partial charge < -0.3 is 14.0 Å². The zero-order valence-corrected chi connectivity index (χ0v) is 28.2. The summed E-state index contributed by atoms with van der Waals surface area (Å²) in [6.07, 6.45) is 0. The van der Waals surface area contributed by atoms with Crippen LogP contribution in [-0.2, 0) is 9.47 Å². The maximum atomic E-state index is 6.05. The SMILES string of the molecule is CC1(C)COC(c2cccc(-c3ccc4c5c6ccccc6c(-c6cccc(C7=NC(C)(C)CO7)c6)cc5n(-c5ccccc5)c4c3)c2)=N1. The fourth-order valence-corrected chi connectivity index (χ4v) is 7.27. The Bertz CT molecular complexity index is 2500. The van der Waals surface area contributed by atoms with Crippen LogP contribution in [0.1, 0.15) is 38.8 Å². The predicted molar refractivity (Wildman–Crippen MR) is 202 cm³/mol. The van der Waals surface area contributed by atoms with E-state index in [0.717, 1.165) is 44.5 Å². The highest BCUT2D eigenvalue weighted by Crippen LogP contribution is 2.42. The highest BCUT2D eigenvalue weighted by atomic mass is 16.5. The fourth-order valence-electron chi connectivity index (χ4n) is 7.27. The molecule has 0 N–H and O–H groups in total. The Balaban J connectivity index is 1.28.